The Kier molecular flexibility index (Phi) is 6.68. The Hall–Kier alpha value is -4.70. The molecule has 10 heteroatoms. The average molecular weight is 520 g/mol. The van der Waals surface area contributed by atoms with E-state index < -0.39 is 11.9 Å². The SMILES string of the molecule is C[C@@H](NC(=O)c1nc(-c2ccc(CN3CCCC3)cc2)cnc1N)c1nnc2ccc(-c3ccccc3)nn12. The highest BCUT2D eigenvalue weighted by Crippen LogP contribution is 2.22. The molecule has 4 heterocycles. The van der Waals surface area contributed by atoms with Gasteiger partial charge in [0.05, 0.1) is 23.6 Å². The van der Waals surface area contributed by atoms with E-state index in [-0.39, 0.29) is 11.5 Å². The fourth-order valence-electron chi connectivity index (χ4n) is 4.85. The van der Waals surface area contributed by atoms with Crippen LogP contribution >= 0.6 is 0 Å². The molecule has 3 N–H and O–H groups in total. The summed E-state index contributed by atoms with van der Waals surface area (Å²) in [5.41, 5.74) is 11.2. The molecule has 196 valence electrons. The number of hydrogen-bond acceptors (Lipinski definition) is 8. The van der Waals surface area contributed by atoms with Gasteiger partial charge in [-0.2, -0.15) is 9.61 Å². The van der Waals surface area contributed by atoms with Gasteiger partial charge in [-0.05, 0) is 50.6 Å². The highest BCUT2D eigenvalue weighted by atomic mass is 16.2. The van der Waals surface area contributed by atoms with Crippen LogP contribution in [0.3, 0.4) is 0 Å². The number of carbonyl (C=O) groups excluding carboxylic acids is 1. The third-order valence-corrected chi connectivity index (χ3v) is 6.96. The first kappa shape index (κ1) is 24.6. The van der Waals surface area contributed by atoms with E-state index in [9.17, 15) is 4.79 Å². The van der Waals surface area contributed by atoms with Crippen LogP contribution in [0.5, 0.6) is 0 Å². The number of amides is 1. The Morgan fingerprint density at radius 1 is 0.949 bits per heavy atom. The Morgan fingerprint density at radius 3 is 2.46 bits per heavy atom. The number of hydrogen-bond donors (Lipinski definition) is 2. The van der Waals surface area contributed by atoms with Gasteiger partial charge in [0, 0.05) is 17.7 Å². The molecule has 0 unspecified atom stereocenters. The molecule has 1 aliphatic heterocycles. The quantitative estimate of drug-likeness (QED) is 0.331. The van der Waals surface area contributed by atoms with E-state index >= 15 is 0 Å². The Morgan fingerprint density at radius 2 is 1.69 bits per heavy atom. The number of rotatable bonds is 7. The van der Waals surface area contributed by atoms with Crippen molar-refractivity contribution in [1.82, 2.24) is 40.0 Å². The fraction of sp³-hybridized carbons (Fsp3) is 0.241. The van der Waals surface area contributed by atoms with Crippen molar-refractivity contribution >= 4 is 17.4 Å². The molecule has 0 saturated carbocycles. The van der Waals surface area contributed by atoms with Gasteiger partial charge in [-0.3, -0.25) is 9.69 Å². The minimum atomic E-state index is -0.513. The highest BCUT2D eigenvalue weighted by Gasteiger charge is 2.21. The summed E-state index contributed by atoms with van der Waals surface area (Å²) >= 11 is 0. The van der Waals surface area contributed by atoms with Crippen molar-refractivity contribution in [3.05, 3.63) is 90.0 Å². The molecule has 2 aromatic carbocycles. The molecular formula is C29H29N9O. The zero-order valence-electron chi connectivity index (χ0n) is 21.7. The van der Waals surface area contributed by atoms with Crippen molar-refractivity contribution in [3.8, 4) is 22.5 Å². The van der Waals surface area contributed by atoms with E-state index in [0.29, 0.717) is 17.2 Å². The average Bonchev–Trinajstić information content (AvgIpc) is 3.64. The topological polar surface area (TPSA) is 127 Å². The molecule has 1 atom stereocenters. The number of benzene rings is 2. The summed E-state index contributed by atoms with van der Waals surface area (Å²) in [5, 5.41) is 16.1. The summed E-state index contributed by atoms with van der Waals surface area (Å²) in [7, 11) is 0. The van der Waals surface area contributed by atoms with Crippen LogP contribution in [0.25, 0.3) is 28.2 Å². The van der Waals surface area contributed by atoms with Crippen LogP contribution in [0.15, 0.2) is 72.9 Å². The van der Waals surface area contributed by atoms with Crippen LogP contribution in [-0.4, -0.2) is 53.7 Å². The minimum Gasteiger partial charge on any atom is -0.382 e. The van der Waals surface area contributed by atoms with Gasteiger partial charge in [0.1, 0.15) is 0 Å². The zero-order valence-corrected chi connectivity index (χ0v) is 21.7. The molecule has 10 nitrogen and oxygen atoms in total. The van der Waals surface area contributed by atoms with E-state index in [1.54, 1.807) is 10.7 Å². The number of nitrogens with one attached hydrogen (secondary N) is 1. The first-order valence-corrected chi connectivity index (χ1v) is 13.1. The van der Waals surface area contributed by atoms with Crippen LogP contribution in [0.2, 0.25) is 0 Å². The highest BCUT2D eigenvalue weighted by molar-refractivity contribution is 5.97. The van der Waals surface area contributed by atoms with Crippen molar-refractivity contribution < 1.29 is 4.79 Å². The van der Waals surface area contributed by atoms with E-state index in [2.05, 4.69) is 42.5 Å². The van der Waals surface area contributed by atoms with Gasteiger partial charge in [-0.1, -0.05) is 54.6 Å². The second-order valence-electron chi connectivity index (χ2n) is 9.78. The van der Waals surface area contributed by atoms with E-state index in [1.807, 2.05) is 61.5 Å². The Balaban J connectivity index is 1.20. The maximum Gasteiger partial charge on any atom is 0.274 e. The van der Waals surface area contributed by atoms with Gasteiger partial charge >= 0.3 is 0 Å². The maximum atomic E-state index is 13.2. The molecule has 5 aromatic rings. The molecule has 6 rings (SSSR count). The summed E-state index contributed by atoms with van der Waals surface area (Å²) in [4.78, 5) is 24.5. The predicted octanol–water partition coefficient (Wildman–Crippen LogP) is 3.92. The molecule has 1 amide bonds. The number of nitrogens with two attached hydrogens (primary N) is 1. The number of nitrogen functional groups attached to an aromatic ring is 1. The van der Waals surface area contributed by atoms with Crippen molar-refractivity contribution in [1.29, 1.82) is 0 Å². The second-order valence-corrected chi connectivity index (χ2v) is 9.78. The number of likely N-dealkylation sites (tertiary alicyclic amines) is 1. The second kappa shape index (κ2) is 10.6. The lowest BCUT2D eigenvalue weighted by Gasteiger charge is -2.15. The fourth-order valence-corrected chi connectivity index (χ4v) is 4.85. The summed E-state index contributed by atoms with van der Waals surface area (Å²) < 4.78 is 1.64. The van der Waals surface area contributed by atoms with E-state index in [4.69, 9.17) is 10.8 Å². The van der Waals surface area contributed by atoms with E-state index in [0.717, 1.165) is 36.5 Å². The summed E-state index contributed by atoms with van der Waals surface area (Å²) in [5.74, 6) is 0.105. The largest absolute Gasteiger partial charge is 0.382 e. The lowest BCUT2D eigenvalue weighted by atomic mass is 10.1. The van der Waals surface area contributed by atoms with Gasteiger partial charge in [-0.25, -0.2) is 9.97 Å². The smallest absolute Gasteiger partial charge is 0.274 e. The first-order valence-electron chi connectivity index (χ1n) is 13.1. The van der Waals surface area contributed by atoms with Crippen LogP contribution < -0.4 is 11.1 Å². The molecule has 0 aliphatic carbocycles. The standard InChI is InChI=1S/C29H29N9O/c1-19(28-35-34-25-14-13-23(36-38(25)28)21-7-3-2-4-8-21)32-29(39)26-27(30)31-17-24(33-26)22-11-9-20(10-12-22)18-37-15-5-6-16-37/h2-4,7-14,17,19H,5-6,15-16,18H2,1H3,(H2,30,31)(H,32,39)/t19-/m1/s1. The monoisotopic (exact) mass is 519 g/mol. The summed E-state index contributed by atoms with van der Waals surface area (Å²) in [6, 6.07) is 21.3. The van der Waals surface area contributed by atoms with Gasteiger partial charge < -0.3 is 11.1 Å². The molecule has 1 fully saturated rings. The predicted molar refractivity (Wildman–Crippen MR) is 148 cm³/mol. The van der Waals surface area contributed by atoms with Gasteiger partial charge in [0.15, 0.2) is 23.0 Å². The third kappa shape index (κ3) is 5.19. The van der Waals surface area contributed by atoms with Crippen LogP contribution in [-0.2, 0) is 6.54 Å². The lowest BCUT2D eigenvalue weighted by molar-refractivity contribution is 0.0933. The Bertz CT molecular complexity index is 1610. The van der Waals surface area contributed by atoms with Crippen LogP contribution in [0.1, 0.15) is 47.7 Å². The van der Waals surface area contributed by atoms with Gasteiger partial charge in [0.25, 0.3) is 5.91 Å². The number of anilines is 1. The molecular weight excluding hydrogens is 490 g/mol. The van der Waals surface area contributed by atoms with Crippen molar-refractivity contribution in [2.45, 2.75) is 32.4 Å². The molecule has 39 heavy (non-hydrogen) atoms. The third-order valence-electron chi connectivity index (χ3n) is 6.96. The summed E-state index contributed by atoms with van der Waals surface area (Å²) in [6.45, 7) is 5.06. The zero-order chi connectivity index (χ0) is 26.8. The minimum absolute atomic E-state index is 0.0599. The van der Waals surface area contributed by atoms with Crippen LogP contribution in [0.4, 0.5) is 5.82 Å². The van der Waals surface area contributed by atoms with Crippen molar-refractivity contribution in [3.63, 3.8) is 0 Å². The molecule has 0 spiro atoms. The number of aromatic nitrogens is 6. The number of carbonyl (C=O) groups is 1. The first-order chi connectivity index (χ1) is 19.0. The molecule has 1 aliphatic rings. The summed E-state index contributed by atoms with van der Waals surface area (Å²) in [6.07, 6.45) is 4.12. The lowest BCUT2D eigenvalue weighted by Crippen LogP contribution is -2.30. The van der Waals surface area contributed by atoms with Gasteiger partial charge in [-0.15, -0.1) is 10.2 Å². The van der Waals surface area contributed by atoms with Crippen molar-refractivity contribution in [2.75, 3.05) is 18.8 Å². The number of fused-ring (bicyclic) bond motifs is 1. The molecule has 0 bridgehead atoms. The normalized spacial score (nSPS) is 14.5. The molecule has 0 radical (unpaired) electrons. The van der Waals surface area contributed by atoms with Gasteiger partial charge in [0.2, 0.25) is 0 Å². The Labute approximate surface area is 225 Å². The molecule has 1 saturated heterocycles. The maximum absolute atomic E-state index is 13.2. The van der Waals surface area contributed by atoms with Crippen LogP contribution in [0, 0.1) is 0 Å². The molecule has 3 aromatic heterocycles. The van der Waals surface area contributed by atoms with E-state index in [1.165, 1.54) is 18.4 Å². The number of nitrogens with zero attached hydrogens (tertiary/aromatic N) is 7. The van der Waals surface area contributed by atoms with Crippen molar-refractivity contribution in [2.24, 2.45) is 0 Å².